The van der Waals surface area contributed by atoms with Gasteiger partial charge in [0, 0.05) is 6.08 Å². The van der Waals surface area contributed by atoms with E-state index in [0.29, 0.717) is 5.57 Å². The molecular weight excluding hydrogens is 411 g/mol. The van der Waals surface area contributed by atoms with E-state index in [0.717, 1.165) is 18.1 Å². The van der Waals surface area contributed by atoms with Crippen molar-refractivity contribution in [3.8, 4) is 0 Å². The Morgan fingerprint density at radius 1 is 1.09 bits per heavy atom. The van der Waals surface area contributed by atoms with Crippen LogP contribution in [0.5, 0.6) is 0 Å². The van der Waals surface area contributed by atoms with E-state index in [1.54, 1.807) is 13.0 Å². The van der Waals surface area contributed by atoms with Crippen LogP contribution >= 0.6 is 0 Å². The molecule has 0 heterocycles. The van der Waals surface area contributed by atoms with Gasteiger partial charge in [-0.15, -0.1) is 0 Å². The fourth-order valence-electron chi connectivity index (χ4n) is 3.90. The zero-order valence-corrected chi connectivity index (χ0v) is 19.4. The third-order valence-electron chi connectivity index (χ3n) is 5.62. The minimum absolute atomic E-state index is 0.187. The van der Waals surface area contributed by atoms with Crippen molar-refractivity contribution in [2.24, 2.45) is 5.41 Å². The highest BCUT2D eigenvalue weighted by Gasteiger charge is 2.33. The van der Waals surface area contributed by atoms with Crippen molar-refractivity contribution in [2.75, 3.05) is 5.32 Å². The lowest BCUT2D eigenvalue weighted by Gasteiger charge is -2.32. The molecule has 2 nitrogen and oxygen atoms in total. The molecule has 0 aromatic heterocycles. The summed E-state index contributed by atoms with van der Waals surface area (Å²) in [5, 5.41) is 2.31. The molecule has 0 saturated heterocycles. The van der Waals surface area contributed by atoms with E-state index in [1.165, 1.54) is 48.3 Å². The van der Waals surface area contributed by atoms with Crippen molar-refractivity contribution in [3.05, 3.63) is 88.6 Å². The van der Waals surface area contributed by atoms with Gasteiger partial charge in [-0.1, -0.05) is 67.5 Å². The number of amides is 1. The smallest absolute Gasteiger partial charge is 0.322 e. The van der Waals surface area contributed by atoms with E-state index in [-0.39, 0.29) is 11.1 Å². The standard InChI is InChI=1S/C27H32F3NO/c1-19(15-16-22-21(3)12-9-17-26(22,4)5)10-8-11-20(2)18-25(32)31-24-14-7-6-13-23(24)27(28,29)30/h6-8,10-11,13-16,18H,9,12,17H2,1-5H3,(H,31,32)/b11-8+,16-15+,19-10+,20-18+. The number of allylic oxidation sites excluding steroid dienone is 9. The summed E-state index contributed by atoms with van der Waals surface area (Å²) >= 11 is 0. The lowest BCUT2D eigenvalue weighted by molar-refractivity contribution is -0.136. The summed E-state index contributed by atoms with van der Waals surface area (Å²) in [7, 11) is 0. The molecule has 1 aromatic rings. The molecule has 172 valence electrons. The molecule has 1 aromatic carbocycles. The van der Waals surface area contributed by atoms with E-state index >= 15 is 0 Å². The van der Waals surface area contributed by atoms with Crippen LogP contribution in [0.25, 0.3) is 0 Å². The summed E-state index contributed by atoms with van der Waals surface area (Å²) in [5.74, 6) is -0.605. The number of alkyl halides is 3. The van der Waals surface area contributed by atoms with Gasteiger partial charge in [-0.05, 0) is 68.7 Å². The Morgan fingerprint density at radius 3 is 2.44 bits per heavy atom. The molecule has 0 unspecified atom stereocenters. The first-order valence-electron chi connectivity index (χ1n) is 10.8. The average molecular weight is 444 g/mol. The third-order valence-corrected chi connectivity index (χ3v) is 5.62. The van der Waals surface area contributed by atoms with Crippen LogP contribution in [0, 0.1) is 5.41 Å². The maximum atomic E-state index is 13.1. The minimum Gasteiger partial charge on any atom is -0.322 e. The van der Waals surface area contributed by atoms with Gasteiger partial charge in [0.05, 0.1) is 11.3 Å². The Labute approximate surface area is 189 Å². The van der Waals surface area contributed by atoms with Crippen LogP contribution in [0.1, 0.15) is 59.4 Å². The first-order chi connectivity index (χ1) is 14.9. The van der Waals surface area contributed by atoms with Crippen molar-refractivity contribution < 1.29 is 18.0 Å². The molecule has 0 saturated carbocycles. The van der Waals surface area contributed by atoms with Gasteiger partial charge in [0.1, 0.15) is 0 Å². The Morgan fingerprint density at radius 2 is 1.78 bits per heavy atom. The molecule has 5 heteroatoms. The number of para-hydroxylation sites is 1. The van der Waals surface area contributed by atoms with Gasteiger partial charge in [-0.25, -0.2) is 0 Å². The normalized spacial score (nSPS) is 18.0. The van der Waals surface area contributed by atoms with Crippen LogP contribution in [-0.4, -0.2) is 5.91 Å². The number of carbonyl (C=O) groups is 1. The van der Waals surface area contributed by atoms with E-state index in [1.807, 2.05) is 19.1 Å². The van der Waals surface area contributed by atoms with E-state index in [9.17, 15) is 18.0 Å². The van der Waals surface area contributed by atoms with Gasteiger partial charge in [0.15, 0.2) is 0 Å². The van der Waals surface area contributed by atoms with Gasteiger partial charge >= 0.3 is 6.18 Å². The summed E-state index contributed by atoms with van der Waals surface area (Å²) < 4.78 is 39.2. The SMILES string of the molecule is CC1=C(/C=C/C(C)=C/C=C/C(C)=C/C(=O)Nc2ccccc2C(F)(F)F)C(C)(C)CCC1. The van der Waals surface area contributed by atoms with E-state index in [4.69, 9.17) is 0 Å². The average Bonchev–Trinajstić information content (AvgIpc) is 2.66. The van der Waals surface area contributed by atoms with Crippen LogP contribution < -0.4 is 5.32 Å². The summed E-state index contributed by atoms with van der Waals surface area (Å²) in [5.41, 5.74) is 3.60. The molecule has 1 amide bonds. The molecule has 0 spiro atoms. The number of benzene rings is 1. The van der Waals surface area contributed by atoms with Gasteiger partial charge in [-0.2, -0.15) is 13.2 Å². The number of rotatable bonds is 6. The van der Waals surface area contributed by atoms with Crippen molar-refractivity contribution >= 4 is 11.6 Å². The molecular formula is C27H32F3NO. The maximum absolute atomic E-state index is 13.1. The minimum atomic E-state index is -4.53. The van der Waals surface area contributed by atoms with Gasteiger partial charge in [0.2, 0.25) is 5.91 Å². The highest BCUT2D eigenvalue weighted by atomic mass is 19.4. The fourth-order valence-corrected chi connectivity index (χ4v) is 3.90. The number of halogens is 3. The molecule has 0 fully saturated rings. The van der Waals surface area contributed by atoms with Crippen molar-refractivity contribution in [1.82, 2.24) is 0 Å². The largest absolute Gasteiger partial charge is 0.418 e. The second-order valence-electron chi connectivity index (χ2n) is 8.96. The maximum Gasteiger partial charge on any atom is 0.418 e. The van der Waals surface area contributed by atoms with Gasteiger partial charge in [0.25, 0.3) is 0 Å². The Kier molecular flexibility index (Phi) is 8.48. The van der Waals surface area contributed by atoms with Crippen LogP contribution in [0.3, 0.4) is 0 Å². The third kappa shape index (κ3) is 7.40. The zero-order chi connectivity index (χ0) is 23.9. The molecule has 0 radical (unpaired) electrons. The predicted octanol–water partition coefficient (Wildman–Crippen LogP) is 8.18. The summed E-state index contributed by atoms with van der Waals surface area (Å²) in [4.78, 5) is 12.1. The number of hydrogen-bond acceptors (Lipinski definition) is 1. The van der Waals surface area contributed by atoms with E-state index in [2.05, 4.69) is 38.2 Å². The van der Waals surface area contributed by atoms with Gasteiger partial charge in [-0.3, -0.25) is 4.79 Å². The first-order valence-corrected chi connectivity index (χ1v) is 10.8. The monoisotopic (exact) mass is 443 g/mol. The summed E-state index contributed by atoms with van der Waals surface area (Å²) in [6, 6.07) is 4.93. The van der Waals surface area contributed by atoms with Crippen LogP contribution in [0.4, 0.5) is 18.9 Å². The molecule has 0 aliphatic heterocycles. The molecule has 32 heavy (non-hydrogen) atoms. The molecule has 0 atom stereocenters. The topological polar surface area (TPSA) is 29.1 Å². The zero-order valence-electron chi connectivity index (χ0n) is 19.4. The van der Waals surface area contributed by atoms with Crippen LogP contribution in [0.2, 0.25) is 0 Å². The lowest BCUT2D eigenvalue weighted by Crippen LogP contribution is -2.19. The Balaban J connectivity index is 2.03. The van der Waals surface area contributed by atoms with Crippen LogP contribution in [0.15, 0.2) is 83.0 Å². The fraction of sp³-hybridized carbons (Fsp3) is 0.370. The van der Waals surface area contributed by atoms with Gasteiger partial charge < -0.3 is 5.32 Å². The van der Waals surface area contributed by atoms with E-state index < -0.39 is 17.6 Å². The number of hydrogen-bond donors (Lipinski definition) is 1. The number of anilines is 1. The Hall–Kier alpha value is -2.82. The quantitative estimate of drug-likeness (QED) is 0.349. The van der Waals surface area contributed by atoms with Crippen LogP contribution in [-0.2, 0) is 11.0 Å². The molecule has 1 N–H and O–H groups in total. The highest BCUT2D eigenvalue weighted by Crippen LogP contribution is 2.40. The first kappa shape index (κ1) is 25.4. The van der Waals surface area contributed by atoms with Crippen molar-refractivity contribution in [2.45, 2.75) is 60.1 Å². The molecule has 1 aliphatic carbocycles. The highest BCUT2D eigenvalue weighted by molar-refractivity contribution is 6.00. The second kappa shape index (κ2) is 10.7. The molecule has 1 aliphatic rings. The predicted molar refractivity (Wildman–Crippen MR) is 126 cm³/mol. The number of carbonyl (C=O) groups excluding carboxylic acids is 1. The summed E-state index contributed by atoms with van der Waals surface area (Å²) in [6.07, 6.45) is 10.1. The van der Waals surface area contributed by atoms with Crippen molar-refractivity contribution in [1.29, 1.82) is 0 Å². The summed E-state index contributed by atoms with van der Waals surface area (Å²) in [6.45, 7) is 10.5. The molecule has 2 rings (SSSR count). The Bertz CT molecular complexity index is 988. The lowest BCUT2D eigenvalue weighted by atomic mass is 9.72. The molecule has 0 bridgehead atoms. The second-order valence-corrected chi connectivity index (χ2v) is 8.96. The van der Waals surface area contributed by atoms with Crippen molar-refractivity contribution in [3.63, 3.8) is 0 Å². The number of nitrogens with one attached hydrogen (secondary N) is 1.